The van der Waals surface area contributed by atoms with E-state index in [1.165, 1.54) is 12.1 Å². The molecule has 29 heavy (non-hydrogen) atoms. The third-order valence-electron chi connectivity index (χ3n) is 5.53. The monoisotopic (exact) mass is 396 g/mol. The Hall–Kier alpha value is -3.34. The summed E-state index contributed by atoms with van der Waals surface area (Å²) < 4.78 is 27.8. The van der Waals surface area contributed by atoms with Crippen molar-refractivity contribution in [3.8, 4) is 6.07 Å². The predicted octanol–water partition coefficient (Wildman–Crippen LogP) is 2.98. The van der Waals surface area contributed by atoms with Gasteiger partial charge >= 0.3 is 0 Å². The molecule has 1 fully saturated rings. The fourth-order valence-electron chi connectivity index (χ4n) is 3.69. The van der Waals surface area contributed by atoms with Gasteiger partial charge in [-0.15, -0.1) is 0 Å². The predicted molar refractivity (Wildman–Crippen MR) is 103 cm³/mol. The fourth-order valence-corrected chi connectivity index (χ4v) is 3.69. The number of halogens is 2. The lowest BCUT2D eigenvalue weighted by molar-refractivity contribution is -0.124. The second-order valence-corrected chi connectivity index (χ2v) is 7.45. The van der Waals surface area contributed by atoms with Crippen LogP contribution in [-0.2, 0) is 10.2 Å². The van der Waals surface area contributed by atoms with Gasteiger partial charge in [0.2, 0.25) is 5.91 Å². The second-order valence-electron chi connectivity index (χ2n) is 7.45. The van der Waals surface area contributed by atoms with Crippen molar-refractivity contribution in [2.24, 2.45) is 4.99 Å². The van der Waals surface area contributed by atoms with Crippen LogP contribution in [-0.4, -0.2) is 22.6 Å². The molecule has 4 rings (SSSR count). The SMILES string of the molecule is CC(NC(=O)C1(c2cc3c(F)c(F)ccc3[nH]c2=O)CC1)C1=CCCC(C#N)=N1. The van der Waals surface area contributed by atoms with E-state index in [0.29, 0.717) is 37.1 Å². The summed E-state index contributed by atoms with van der Waals surface area (Å²) in [6.07, 6.45) is 3.97. The Morgan fingerprint density at radius 2 is 2.14 bits per heavy atom. The Morgan fingerprint density at radius 1 is 1.38 bits per heavy atom. The van der Waals surface area contributed by atoms with Crippen molar-refractivity contribution >= 4 is 22.5 Å². The number of nitrogens with one attached hydrogen (secondary N) is 2. The quantitative estimate of drug-likeness (QED) is 0.831. The molecule has 0 spiro atoms. The van der Waals surface area contributed by atoms with Crippen molar-refractivity contribution in [2.75, 3.05) is 0 Å². The number of aromatic nitrogens is 1. The number of fused-ring (bicyclic) bond motifs is 1. The van der Waals surface area contributed by atoms with Gasteiger partial charge in [0.25, 0.3) is 5.56 Å². The topological polar surface area (TPSA) is 98.1 Å². The average Bonchev–Trinajstić information content (AvgIpc) is 3.52. The molecule has 0 saturated heterocycles. The lowest BCUT2D eigenvalue weighted by Gasteiger charge is -2.21. The third kappa shape index (κ3) is 3.23. The van der Waals surface area contributed by atoms with E-state index >= 15 is 0 Å². The van der Waals surface area contributed by atoms with E-state index in [0.717, 1.165) is 6.07 Å². The number of carbonyl (C=O) groups is 1. The highest BCUT2D eigenvalue weighted by Crippen LogP contribution is 2.47. The number of hydrogen-bond acceptors (Lipinski definition) is 4. The Bertz CT molecular complexity index is 1190. The number of aromatic amines is 1. The molecule has 0 bridgehead atoms. The van der Waals surface area contributed by atoms with Crippen LogP contribution in [0.1, 0.15) is 38.2 Å². The summed E-state index contributed by atoms with van der Waals surface area (Å²) in [5.74, 6) is -2.45. The lowest BCUT2D eigenvalue weighted by atomic mass is 9.94. The molecule has 1 aromatic carbocycles. The number of carbonyl (C=O) groups excluding carboxylic acids is 1. The van der Waals surface area contributed by atoms with Crippen LogP contribution in [0.25, 0.3) is 10.9 Å². The maximum atomic E-state index is 14.2. The Balaban J connectivity index is 1.65. The molecule has 148 valence electrons. The summed E-state index contributed by atoms with van der Waals surface area (Å²) in [5.41, 5.74) is -0.270. The van der Waals surface area contributed by atoms with Gasteiger partial charge in [-0.3, -0.25) is 9.59 Å². The van der Waals surface area contributed by atoms with Crippen LogP contribution in [0.15, 0.2) is 39.8 Å². The molecule has 1 saturated carbocycles. The minimum Gasteiger partial charge on any atom is -0.347 e. The van der Waals surface area contributed by atoms with Crippen LogP contribution in [0.4, 0.5) is 8.78 Å². The largest absolute Gasteiger partial charge is 0.347 e. The minimum absolute atomic E-state index is 0.0648. The molecular formula is C21H18F2N4O2. The first kappa shape index (κ1) is 19.0. The molecule has 1 atom stereocenters. The highest BCUT2D eigenvalue weighted by molar-refractivity contribution is 6.00. The molecule has 2 heterocycles. The first-order valence-corrected chi connectivity index (χ1v) is 9.36. The molecule has 2 aromatic rings. The zero-order valence-electron chi connectivity index (χ0n) is 15.7. The van der Waals surface area contributed by atoms with E-state index in [2.05, 4.69) is 15.3 Å². The van der Waals surface area contributed by atoms with Gasteiger partial charge in [0.05, 0.1) is 22.7 Å². The highest BCUT2D eigenvalue weighted by Gasteiger charge is 2.53. The van der Waals surface area contributed by atoms with Crippen molar-refractivity contribution < 1.29 is 13.6 Å². The first-order valence-electron chi connectivity index (χ1n) is 9.36. The van der Waals surface area contributed by atoms with Gasteiger partial charge in [-0.05, 0) is 44.4 Å². The fraction of sp³-hybridized carbons (Fsp3) is 0.333. The molecule has 0 radical (unpaired) electrons. The van der Waals surface area contributed by atoms with E-state index in [-0.39, 0.29) is 22.4 Å². The van der Waals surface area contributed by atoms with E-state index < -0.39 is 28.7 Å². The number of nitrogens with zero attached hydrogens (tertiary/aromatic N) is 2. The van der Waals surface area contributed by atoms with Crippen LogP contribution in [0.3, 0.4) is 0 Å². The molecule has 1 unspecified atom stereocenters. The summed E-state index contributed by atoms with van der Waals surface area (Å²) in [6.45, 7) is 1.75. The Labute approximate surface area is 165 Å². The van der Waals surface area contributed by atoms with Crippen molar-refractivity contribution in [2.45, 2.75) is 44.1 Å². The van der Waals surface area contributed by atoms with Gasteiger partial charge < -0.3 is 10.3 Å². The molecule has 8 heteroatoms. The first-order chi connectivity index (χ1) is 13.9. The number of benzene rings is 1. The smallest absolute Gasteiger partial charge is 0.252 e. The number of nitriles is 1. The molecule has 1 aromatic heterocycles. The molecule has 6 nitrogen and oxygen atoms in total. The summed E-state index contributed by atoms with van der Waals surface area (Å²) >= 11 is 0. The number of amides is 1. The van der Waals surface area contributed by atoms with Crippen molar-refractivity contribution in [3.63, 3.8) is 0 Å². The summed E-state index contributed by atoms with van der Waals surface area (Å²) in [7, 11) is 0. The molecule has 1 aliphatic carbocycles. The van der Waals surface area contributed by atoms with Crippen molar-refractivity contribution in [3.05, 3.63) is 57.5 Å². The van der Waals surface area contributed by atoms with Gasteiger partial charge in [0, 0.05) is 17.4 Å². The number of aliphatic imine (C=N–C) groups is 1. The highest BCUT2D eigenvalue weighted by atomic mass is 19.2. The molecule has 2 aliphatic rings. The summed E-state index contributed by atoms with van der Waals surface area (Å²) in [6, 6.07) is 5.10. The number of allylic oxidation sites excluding steroid dienone is 1. The number of rotatable bonds is 4. The van der Waals surface area contributed by atoms with E-state index in [1.54, 1.807) is 6.92 Å². The van der Waals surface area contributed by atoms with Gasteiger partial charge in [-0.25, -0.2) is 13.8 Å². The van der Waals surface area contributed by atoms with Crippen molar-refractivity contribution in [1.29, 1.82) is 5.26 Å². The molecule has 2 N–H and O–H groups in total. The maximum Gasteiger partial charge on any atom is 0.252 e. The van der Waals surface area contributed by atoms with Crippen LogP contribution < -0.4 is 10.9 Å². The summed E-state index contributed by atoms with van der Waals surface area (Å²) in [5, 5.41) is 11.8. The van der Waals surface area contributed by atoms with Crippen LogP contribution >= 0.6 is 0 Å². The van der Waals surface area contributed by atoms with Crippen LogP contribution in [0.5, 0.6) is 0 Å². The van der Waals surface area contributed by atoms with Gasteiger partial charge in [-0.2, -0.15) is 5.26 Å². The summed E-state index contributed by atoms with van der Waals surface area (Å²) in [4.78, 5) is 32.4. The van der Waals surface area contributed by atoms with E-state index in [1.807, 2.05) is 12.1 Å². The molecule has 1 amide bonds. The van der Waals surface area contributed by atoms with Gasteiger partial charge in [0.1, 0.15) is 11.8 Å². The zero-order chi connectivity index (χ0) is 20.8. The molecule has 1 aliphatic heterocycles. The molecular weight excluding hydrogens is 378 g/mol. The number of hydrogen-bond donors (Lipinski definition) is 2. The number of H-pyrrole nitrogens is 1. The minimum atomic E-state index is -1.08. The lowest BCUT2D eigenvalue weighted by Crippen LogP contribution is -2.43. The van der Waals surface area contributed by atoms with E-state index in [4.69, 9.17) is 5.26 Å². The van der Waals surface area contributed by atoms with Gasteiger partial charge in [-0.1, -0.05) is 6.08 Å². The normalized spacial score (nSPS) is 18.4. The standard InChI is InChI=1S/C21H18F2N4O2/c1-11(16-4-2-3-12(10-24)26-16)25-20(29)21(7-8-21)14-9-13-17(27-19(14)28)6-5-15(22)18(13)23/h4-6,9,11H,2-3,7-8H2,1H3,(H,25,29)(H,27,28). The van der Waals surface area contributed by atoms with E-state index in [9.17, 15) is 18.4 Å². The van der Waals surface area contributed by atoms with Gasteiger partial charge in [0.15, 0.2) is 11.6 Å². The number of pyridine rings is 1. The average molecular weight is 396 g/mol. The zero-order valence-corrected chi connectivity index (χ0v) is 15.7. The Morgan fingerprint density at radius 3 is 2.83 bits per heavy atom. The van der Waals surface area contributed by atoms with Crippen LogP contribution in [0.2, 0.25) is 0 Å². The van der Waals surface area contributed by atoms with Crippen molar-refractivity contribution in [1.82, 2.24) is 10.3 Å². The Kier molecular flexibility index (Phi) is 4.53. The second kappa shape index (κ2) is 6.92. The van der Waals surface area contributed by atoms with Crippen LogP contribution in [0, 0.1) is 23.0 Å². The maximum absolute atomic E-state index is 14.2. The third-order valence-corrected chi connectivity index (χ3v) is 5.53.